The maximum absolute atomic E-state index is 5.73. The van der Waals surface area contributed by atoms with Gasteiger partial charge in [-0.05, 0) is 44.8 Å². The second kappa shape index (κ2) is 5.37. The maximum Gasteiger partial charge on any atom is 0.125 e. The Morgan fingerprint density at radius 2 is 2.44 bits per heavy atom. The van der Waals surface area contributed by atoms with Crippen molar-refractivity contribution in [2.45, 2.75) is 26.3 Å². The van der Waals surface area contributed by atoms with E-state index in [1.807, 2.05) is 19.2 Å². The van der Waals surface area contributed by atoms with Crippen LogP contribution in [-0.4, -0.2) is 34.5 Å². The fraction of sp³-hybridized carbons (Fsp3) is 0.667. The Bertz CT molecular complexity index is 340. The van der Waals surface area contributed by atoms with Crippen molar-refractivity contribution in [3.8, 4) is 0 Å². The molecule has 0 bridgehead atoms. The lowest BCUT2D eigenvalue weighted by atomic mass is 9.98. The smallest absolute Gasteiger partial charge is 0.125 e. The molecular weight excluding hydrogens is 200 g/mol. The van der Waals surface area contributed by atoms with E-state index in [0.717, 1.165) is 31.2 Å². The molecule has 0 saturated carbocycles. The molecule has 1 fully saturated rings. The topological polar surface area (TPSA) is 55.0 Å². The molecule has 0 radical (unpaired) electrons. The van der Waals surface area contributed by atoms with Crippen LogP contribution in [0, 0.1) is 12.8 Å². The van der Waals surface area contributed by atoms with Crippen molar-refractivity contribution >= 4 is 0 Å². The lowest BCUT2D eigenvalue weighted by molar-refractivity contribution is 0.169. The van der Waals surface area contributed by atoms with E-state index in [1.165, 1.54) is 19.4 Å². The predicted octanol–water partition coefficient (Wildman–Crippen LogP) is 0.956. The first-order valence-corrected chi connectivity index (χ1v) is 5.99. The number of nitrogens with zero attached hydrogens (tertiary/aromatic N) is 3. The third kappa shape index (κ3) is 3.00. The third-order valence-electron chi connectivity index (χ3n) is 3.16. The van der Waals surface area contributed by atoms with Crippen LogP contribution in [0.4, 0.5) is 0 Å². The van der Waals surface area contributed by atoms with Crippen LogP contribution in [-0.2, 0) is 6.54 Å². The Morgan fingerprint density at radius 3 is 3.19 bits per heavy atom. The summed E-state index contributed by atoms with van der Waals surface area (Å²) >= 11 is 0. The number of piperidine rings is 1. The van der Waals surface area contributed by atoms with E-state index in [2.05, 4.69) is 14.9 Å². The normalized spacial score (nSPS) is 22.2. The lowest BCUT2D eigenvalue weighted by Gasteiger charge is -2.31. The lowest BCUT2D eigenvalue weighted by Crippen LogP contribution is -2.38. The quantitative estimate of drug-likeness (QED) is 0.824. The van der Waals surface area contributed by atoms with Crippen LogP contribution in [0.5, 0.6) is 0 Å². The van der Waals surface area contributed by atoms with Crippen molar-refractivity contribution in [2.24, 2.45) is 11.7 Å². The minimum Gasteiger partial charge on any atom is -0.330 e. The summed E-state index contributed by atoms with van der Waals surface area (Å²) in [5.74, 6) is 1.52. The molecule has 2 rings (SSSR count). The van der Waals surface area contributed by atoms with Crippen LogP contribution in [0.15, 0.2) is 12.3 Å². The third-order valence-corrected chi connectivity index (χ3v) is 3.16. The zero-order valence-electron chi connectivity index (χ0n) is 9.89. The number of hydrogen-bond donors (Lipinski definition) is 1. The highest BCUT2D eigenvalue weighted by atomic mass is 15.1. The summed E-state index contributed by atoms with van der Waals surface area (Å²) in [5, 5.41) is 0. The van der Waals surface area contributed by atoms with E-state index in [4.69, 9.17) is 5.73 Å². The number of aromatic nitrogens is 2. The minimum absolute atomic E-state index is 0.664. The highest BCUT2D eigenvalue weighted by molar-refractivity contribution is 5.01. The van der Waals surface area contributed by atoms with Crippen molar-refractivity contribution in [3.05, 3.63) is 23.8 Å². The summed E-state index contributed by atoms with van der Waals surface area (Å²) in [6.07, 6.45) is 4.36. The Labute approximate surface area is 96.9 Å². The summed E-state index contributed by atoms with van der Waals surface area (Å²) in [7, 11) is 0. The van der Waals surface area contributed by atoms with Crippen molar-refractivity contribution in [2.75, 3.05) is 19.6 Å². The first kappa shape index (κ1) is 11.5. The molecule has 4 nitrogen and oxygen atoms in total. The molecule has 16 heavy (non-hydrogen) atoms. The van der Waals surface area contributed by atoms with E-state index in [9.17, 15) is 0 Å². The van der Waals surface area contributed by atoms with Crippen molar-refractivity contribution in [1.29, 1.82) is 0 Å². The number of nitrogens with two attached hydrogens (primary N) is 1. The molecule has 1 saturated heterocycles. The van der Waals surface area contributed by atoms with Crippen LogP contribution >= 0.6 is 0 Å². The van der Waals surface area contributed by atoms with Gasteiger partial charge in [-0.15, -0.1) is 0 Å². The van der Waals surface area contributed by atoms with Gasteiger partial charge in [0.2, 0.25) is 0 Å². The molecule has 4 heteroatoms. The molecule has 0 aliphatic carbocycles. The molecular formula is C12H20N4. The summed E-state index contributed by atoms with van der Waals surface area (Å²) in [6.45, 7) is 5.95. The van der Waals surface area contributed by atoms with Crippen LogP contribution in [0.1, 0.15) is 24.4 Å². The Kier molecular flexibility index (Phi) is 3.85. The molecule has 0 amide bonds. The van der Waals surface area contributed by atoms with Crippen molar-refractivity contribution < 1.29 is 0 Å². The molecule has 2 heterocycles. The van der Waals surface area contributed by atoms with Crippen molar-refractivity contribution in [3.63, 3.8) is 0 Å². The van der Waals surface area contributed by atoms with E-state index >= 15 is 0 Å². The first-order valence-electron chi connectivity index (χ1n) is 5.99. The van der Waals surface area contributed by atoms with Crippen molar-refractivity contribution in [1.82, 2.24) is 14.9 Å². The first-order chi connectivity index (χ1) is 7.78. The predicted molar refractivity (Wildman–Crippen MR) is 63.8 cm³/mol. The van der Waals surface area contributed by atoms with Crippen LogP contribution in [0.3, 0.4) is 0 Å². The zero-order valence-corrected chi connectivity index (χ0v) is 9.89. The minimum atomic E-state index is 0.664. The number of hydrogen-bond acceptors (Lipinski definition) is 4. The summed E-state index contributed by atoms with van der Waals surface area (Å²) < 4.78 is 0. The highest BCUT2D eigenvalue weighted by Crippen LogP contribution is 2.16. The van der Waals surface area contributed by atoms with Crippen LogP contribution < -0.4 is 5.73 Å². The fourth-order valence-corrected chi connectivity index (χ4v) is 2.31. The van der Waals surface area contributed by atoms with Gasteiger partial charge < -0.3 is 5.73 Å². The average molecular weight is 220 g/mol. The van der Waals surface area contributed by atoms with Gasteiger partial charge in [0, 0.05) is 19.3 Å². The average Bonchev–Trinajstić information content (AvgIpc) is 2.29. The number of rotatable bonds is 3. The van der Waals surface area contributed by atoms with Crippen LogP contribution in [0.2, 0.25) is 0 Å². The van der Waals surface area contributed by atoms with Gasteiger partial charge in [-0.1, -0.05) is 0 Å². The Balaban J connectivity index is 1.94. The van der Waals surface area contributed by atoms with Crippen LogP contribution in [0.25, 0.3) is 0 Å². The molecule has 1 unspecified atom stereocenters. The van der Waals surface area contributed by atoms with E-state index in [0.29, 0.717) is 5.92 Å². The molecule has 0 spiro atoms. The van der Waals surface area contributed by atoms with Gasteiger partial charge in [-0.25, -0.2) is 9.97 Å². The molecule has 2 N–H and O–H groups in total. The molecule has 88 valence electrons. The molecule has 0 aromatic carbocycles. The fourth-order valence-electron chi connectivity index (χ4n) is 2.31. The van der Waals surface area contributed by atoms with Gasteiger partial charge in [0.05, 0.1) is 5.69 Å². The molecule has 1 aliphatic heterocycles. The van der Waals surface area contributed by atoms with E-state index in [-0.39, 0.29) is 0 Å². The number of likely N-dealkylation sites (tertiary alicyclic amines) is 1. The monoisotopic (exact) mass is 220 g/mol. The summed E-state index contributed by atoms with van der Waals surface area (Å²) in [5.41, 5.74) is 6.85. The molecule has 1 aromatic rings. The SMILES string of the molecule is Cc1nccc(CN2CCCC(CN)C2)n1. The summed E-state index contributed by atoms with van der Waals surface area (Å²) in [6, 6.07) is 2.00. The highest BCUT2D eigenvalue weighted by Gasteiger charge is 2.18. The second-order valence-electron chi connectivity index (χ2n) is 4.57. The van der Waals surface area contributed by atoms with Gasteiger partial charge in [-0.2, -0.15) is 0 Å². The number of aryl methyl sites for hydroxylation is 1. The van der Waals surface area contributed by atoms with E-state index in [1.54, 1.807) is 0 Å². The molecule has 1 atom stereocenters. The molecule has 1 aliphatic rings. The Hall–Kier alpha value is -1.00. The molecule has 1 aromatic heterocycles. The largest absolute Gasteiger partial charge is 0.330 e. The van der Waals surface area contributed by atoms with Gasteiger partial charge in [0.1, 0.15) is 5.82 Å². The van der Waals surface area contributed by atoms with Gasteiger partial charge in [0.25, 0.3) is 0 Å². The van der Waals surface area contributed by atoms with Gasteiger partial charge in [0.15, 0.2) is 0 Å². The Morgan fingerprint density at radius 1 is 1.56 bits per heavy atom. The maximum atomic E-state index is 5.73. The summed E-state index contributed by atoms with van der Waals surface area (Å²) in [4.78, 5) is 11.0. The zero-order chi connectivity index (χ0) is 11.4. The van der Waals surface area contributed by atoms with E-state index < -0.39 is 0 Å². The van der Waals surface area contributed by atoms with Gasteiger partial charge >= 0.3 is 0 Å². The van der Waals surface area contributed by atoms with Gasteiger partial charge in [-0.3, -0.25) is 4.90 Å². The standard InChI is InChI=1S/C12H20N4/c1-10-14-5-4-12(15-10)9-16-6-2-3-11(7-13)8-16/h4-5,11H,2-3,6-9,13H2,1H3. The second-order valence-corrected chi connectivity index (χ2v) is 4.57.